The van der Waals surface area contributed by atoms with Crippen LogP contribution in [0.3, 0.4) is 0 Å². The summed E-state index contributed by atoms with van der Waals surface area (Å²) in [5.74, 6) is 2.14. The summed E-state index contributed by atoms with van der Waals surface area (Å²) in [6, 6.07) is 9.11. The highest BCUT2D eigenvalue weighted by Gasteiger charge is 2.22. The van der Waals surface area contributed by atoms with Gasteiger partial charge in [0.15, 0.2) is 11.5 Å². The number of carbonyl (C=O) groups excluding carboxylic acids is 1. The molecule has 1 unspecified atom stereocenters. The lowest BCUT2D eigenvalue weighted by molar-refractivity contribution is 0.0925. The summed E-state index contributed by atoms with van der Waals surface area (Å²) in [5, 5.41) is 3.14. The van der Waals surface area contributed by atoms with Crippen molar-refractivity contribution in [1.29, 1.82) is 0 Å². The van der Waals surface area contributed by atoms with Gasteiger partial charge in [-0.15, -0.1) is 0 Å². The number of hydrogen-bond acceptors (Lipinski definition) is 5. The molecule has 7 nitrogen and oxygen atoms in total. The van der Waals surface area contributed by atoms with Crippen LogP contribution >= 0.6 is 0 Å². The maximum atomic E-state index is 12.9. The maximum absolute atomic E-state index is 12.9. The Bertz CT molecular complexity index is 970. The quantitative estimate of drug-likeness (QED) is 0.738. The third kappa shape index (κ3) is 3.69. The fourth-order valence-electron chi connectivity index (χ4n) is 3.21. The normalized spacial score (nSPS) is 14.0. The summed E-state index contributed by atoms with van der Waals surface area (Å²) in [6.07, 6.45) is 6.73. The van der Waals surface area contributed by atoms with E-state index in [1.54, 1.807) is 41.6 Å². The van der Waals surface area contributed by atoms with E-state index in [1.165, 1.54) is 0 Å². The first-order chi connectivity index (χ1) is 13.6. The van der Waals surface area contributed by atoms with Gasteiger partial charge >= 0.3 is 0 Å². The average Bonchev–Trinajstić information content (AvgIpc) is 3.26. The van der Waals surface area contributed by atoms with Crippen LogP contribution in [0.4, 0.5) is 0 Å². The van der Waals surface area contributed by atoms with E-state index in [2.05, 4.69) is 29.1 Å². The number of carbonyl (C=O) groups is 1. The van der Waals surface area contributed by atoms with Gasteiger partial charge in [0.25, 0.3) is 5.91 Å². The largest absolute Gasteiger partial charge is 0.486 e. The molecule has 0 fully saturated rings. The molecule has 3 aromatic rings. The Labute approximate surface area is 163 Å². The van der Waals surface area contributed by atoms with Gasteiger partial charge in [-0.3, -0.25) is 9.36 Å². The molecule has 0 bridgehead atoms. The number of nitrogens with zero attached hydrogens (tertiary/aromatic N) is 3. The van der Waals surface area contributed by atoms with Crippen molar-refractivity contribution in [2.45, 2.75) is 19.9 Å². The SMILES string of the molecule is CC(C)C(NC(=O)c1ccnc(-n2ccnc2)c1)c1ccc2c(c1)OCCO2. The molecule has 2 aromatic heterocycles. The van der Waals surface area contributed by atoms with Gasteiger partial charge in [-0.05, 0) is 35.7 Å². The lowest BCUT2D eigenvalue weighted by Gasteiger charge is -2.25. The highest BCUT2D eigenvalue weighted by atomic mass is 16.6. The number of nitrogens with one attached hydrogen (secondary N) is 1. The topological polar surface area (TPSA) is 78.3 Å². The van der Waals surface area contributed by atoms with E-state index in [4.69, 9.17) is 9.47 Å². The van der Waals surface area contributed by atoms with Gasteiger partial charge < -0.3 is 14.8 Å². The predicted octanol–water partition coefficient (Wildman–Crippen LogP) is 3.17. The van der Waals surface area contributed by atoms with Gasteiger partial charge in [-0.2, -0.15) is 0 Å². The monoisotopic (exact) mass is 378 g/mol. The Morgan fingerprint density at radius 2 is 1.93 bits per heavy atom. The molecule has 1 aromatic carbocycles. The molecule has 0 radical (unpaired) electrons. The zero-order valence-electron chi connectivity index (χ0n) is 15.8. The molecule has 0 spiro atoms. The van der Waals surface area contributed by atoms with E-state index < -0.39 is 0 Å². The smallest absolute Gasteiger partial charge is 0.251 e. The standard InChI is InChI=1S/C21H22N4O3/c1-14(2)20(15-3-4-17-18(11-15)28-10-9-27-17)24-21(26)16-5-6-23-19(12-16)25-8-7-22-13-25/h3-8,11-14,20H,9-10H2,1-2H3,(H,24,26). The van der Waals surface area contributed by atoms with Gasteiger partial charge in [-0.25, -0.2) is 9.97 Å². The van der Waals surface area contributed by atoms with Crippen LogP contribution < -0.4 is 14.8 Å². The fraction of sp³-hybridized carbons (Fsp3) is 0.286. The van der Waals surface area contributed by atoms with E-state index >= 15 is 0 Å². The molecule has 1 amide bonds. The summed E-state index contributed by atoms with van der Waals surface area (Å²) in [7, 11) is 0. The Balaban J connectivity index is 1.57. The lowest BCUT2D eigenvalue weighted by atomic mass is 9.95. The second-order valence-electron chi connectivity index (χ2n) is 6.97. The van der Waals surface area contributed by atoms with Crippen LogP contribution in [0.5, 0.6) is 11.5 Å². The number of ether oxygens (including phenoxy) is 2. The highest BCUT2D eigenvalue weighted by molar-refractivity contribution is 5.94. The van der Waals surface area contributed by atoms with Crippen LogP contribution in [-0.4, -0.2) is 33.7 Å². The van der Waals surface area contributed by atoms with Crippen LogP contribution in [0.2, 0.25) is 0 Å². The fourth-order valence-corrected chi connectivity index (χ4v) is 3.21. The number of amides is 1. The van der Waals surface area contributed by atoms with Crippen molar-refractivity contribution in [1.82, 2.24) is 19.9 Å². The molecule has 3 heterocycles. The minimum absolute atomic E-state index is 0.155. The second kappa shape index (κ2) is 7.72. The Kier molecular flexibility index (Phi) is 4.97. The summed E-state index contributed by atoms with van der Waals surface area (Å²) >= 11 is 0. The molecule has 1 N–H and O–H groups in total. The van der Waals surface area contributed by atoms with E-state index in [0.717, 1.165) is 17.1 Å². The molecule has 0 aliphatic carbocycles. The summed E-state index contributed by atoms with van der Waals surface area (Å²) < 4.78 is 13.0. The van der Waals surface area contributed by atoms with Crippen molar-refractivity contribution in [2.75, 3.05) is 13.2 Å². The number of fused-ring (bicyclic) bond motifs is 1. The minimum Gasteiger partial charge on any atom is -0.486 e. The van der Waals surface area contributed by atoms with Gasteiger partial charge in [0.1, 0.15) is 25.4 Å². The molecule has 4 rings (SSSR count). The van der Waals surface area contributed by atoms with E-state index in [0.29, 0.717) is 24.6 Å². The van der Waals surface area contributed by atoms with Crippen molar-refractivity contribution < 1.29 is 14.3 Å². The van der Waals surface area contributed by atoms with Crippen molar-refractivity contribution in [2.24, 2.45) is 5.92 Å². The molecule has 0 saturated carbocycles. The zero-order valence-corrected chi connectivity index (χ0v) is 15.8. The number of pyridine rings is 1. The number of rotatable bonds is 5. The molecule has 1 aliphatic rings. The third-order valence-corrected chi connectivity index (χ3v) is 4.66. The first kappa shape index (κ1) is 18.0. The molecule has 1 aliphatic heterocycles. The van der Waals surface area contributed by atoms with Crippen LogP contribution in [-0.2, 0) is 0 Å². The first-order valence-corrected chi connectivity index (χ1v) is 9.26. The van der Waals surface area contributed by atoms with Gasteiger partial charge in [0.2, 0.25) is 0 Å². The summed E-state index contributed by atoms with van der Waals surface area (Å²) in [5.41, 5.74) is 1.53. The van der Waals surface area contributed by atoms with Crippen LogP contribution in [0.25, 0.3) is 5.82 Å². The average molecular weight is 378 g/mol. The summed E-state index contributed by atoms with van der Waals surface area (Å²) in [4.78, 5) is 21.2. The third-order valence-electron chi connectivity index (χ3n) is 4.66. The second-order valence-corrected chi connectivity index (χ2v) is 6.97. The number of hydrogen-bond donors (Lipinski definition) is 1. The van der Waals surface area contributed by atoms with Crippen molar-refractivity contribution in [3.63, 3.8) is 0 Å². The van der Waals surface area contributed by atoms with Crippen molar-refractivity contribution in [3.8, 4) is 17.3 Å². The number of aromatic nitrogens is 3. The molecular formula is C21H22N4O3. The maximum Gasteiger partial charge on any atom is 0.251 e. The Hall–Kier alpha value is -3.35. The first-order valence-electron chi connectivity index (χ1n) is 9.26. The molecular weight excluding hydrogens is 356 g/mol. The van der Waals surface area contributed by atoms with Gasteiger partial charge in [0, 0.05) is 24.2 Å². The van der Waals surface area contributed by atoms with Crippen molar-refractivity contribution >= 4 is 5.91 Å². The molecule has 1 atom stereocenters. The molecule has 144 valence electrons. The van der Waals surface area contributed by atoms with Crippen LogP contribution in [0.15, 0.2) is 55.2 Å². The van der Waals surface area contributed by atoms with Crippen LogP contribution in [0, 0.1) is 5.92 Å². The molecule has 7 heteroatoms. The molecule has 28 heavy (non-hydrogen) atoms. The summed E-state index contributed by atoms with van der Waals surface area (Å²) in [6.45, 7) is 5.23. The predicted molar refractivity (Wildman–Crippen MR) is 104 cm³/mol. The van der Waals surface area contributed by atoms with E-state index in [9.17, 15) is 4.79 Å². The van der Waals surface area contributed by atoms with Gasteiger partial charge in [0.05, 0.1) is 6.04 Å². The Morgan fingerprint density at radius 1 is 1.11 bits per heavy atom. The lowest BCUT2D eigenvalue weighted by Crippen LogP contribution is -2.32. The number of imidazole rings is 1. The number of benzene rings is 1. The highest BCUT2D eigenvalue weighted by Crippen LogP contribution is 2.34. The Morgan fingerprint density at radius 3 is 2.68 bits per heavy atom. The molecule has 0 saturated heterocycles. The van der Waals surface area contributed by atoms with E-state index in [-0.39, 0.29) is 17.9 Å². The van der Waals surface area contributed by atoms with Crippen LogP contribution in [0.1, 0.15) is 35.8 Å². The van der Waals surface area contributed by atoms with E-state index in [1.807, 2.05) is 18.2 Å². The van der Waals surface area contributed by atoms with Gasteiger partial charge in [-0.1, -0.05) is 19.9 Å². The van der Waals surface area contributed by atoms with Crippen molar-refractivity contribution in [3.05, 3.63) is 66.4 Å². The minimum atomic E-state index is -0.159. The zero-order chi connectivity index (χ0) is 19.5.